The highest BCUT2D eigenvalue weighted by molar-refractivity contribution is 5.99. The number of amidine groups is 1. The minimum Gasteiger partial charge on any atom is -0.405 e. The summed E-state index contributed by atoms with van der Waals surface area (Å²) in [4.78, 5) is 18.1. The van der Waals surface area contributed by atoms with Gasteiger partial charge < -0.3 is 21.7 Å². The average molecular weight is 397 g/mol. The zero-order chi connectivity index (χ0) is 20.3. The summed E-state index contributed by atoms with van der Waals surface area (Å²) in [5.74, 6) is 0.0380. The molecule has 0 aromatic heterocycles. The number of hydrogen-bond donors (Lipinski definition) is 4. The highest BCUT2D eigenvalue weighted by Crippen LogP contribution is 2.33. The maximum atomic E-state index is 13.4. The number of aliphatic imine (C=N–C) groups is 1. The van der Waals surface area contributed by atoms with E-state index < -0.39 is 18.1 Å². The van der Waals surface area contributed by atoms with E-state index >= 15 is 0 Å². The molecule has 1 fully saturated rings. The Labute approximate surface area is 160 Å². The van der Waals surface area contributed by atoms with E-state index in [0.717, 1.165) is 0 Å². The standard InChI is InChI=1S/C17H22F3N7O/c18-17(19,20)12-4-1-2-8-26(12)14-6-9-27-15(25-14)11(10-23-27)16(28)24-13(22)5-3-7-21/h3,5-7,9,12,23H,1-2,4,8,10,21-22H2,(H,24,28)/b7-3-,13-5+. The van der Waals surface area contributed by atoms with Gasteiger partial charge in [-0.3, -0.25) is 9.80 Å². The van der Waals surface area contributed by atoms with E-state index in [1.807, 2.05) is 0 Å². The minimum atomic E-state index is -4.34. The number of carbonyl (C=O) groups is 1. The Kier molecular flexibility index (Phi) is 5.63. The van der Waals surface area contributed by atoms with Crippen molar-refractivity contribution in [3.8, 4) is 0 Å². The molecule has 1 saturated heterocycles. The first-order valence-electron chi connectivity index (χ1n) is 8.83. The number of hydrogen-bond acceptors (Lipinski definition) is 7. The zero-order valence-corrected chi connectivity index (χ0v) is 15.0. The van der Waals surface area contributed by atoms with Crippen molar-refractivity contribution >= 4 is 11.7 Å². The molecule has 3 heterocycles. The van der Waals surface area contributed by atoms with E-state index in [1.54, 1.807) is 6.20 Å². The number of allylic oxidation sites excluding steroid dienone is 2. The van der Waals surface area contributed by atoms with Crippen LogP contribution in [0.15, 0.2) is 52.8 Å². The maximum Gasteiger partial charge on any atom is 0.408 e. The van der Waals surface area contributed by atoms with Gasteiger partial charge >= 0.3 is 6.18 Å². The minimum absolute atomic E-state index is 0.0285. The van der Waals surface area contributed by atoms with E-state index in [4.69, 9.17) is 11.5 Å². The van der Waals surface area contributed by atoms with Gasteiger partial charge in [0.05, 0.1) is 5.57 Å². The van der Waals surface area contributed by atoms with E-state index in [2.05, 4.69) is 15.7 Å². The number of piperidine rings is 1. The van der Waals surface area contributed by atoms with Crippen molar-refractivity contribution in [1.29, 1.82) is 0 Å². The van der Waals surface area contributed by atoms with Crippen molar-refractivity contribution in [1.82, 2.24) is 20.7 Å². The van der Waals surface area contributed by atoms with Crippen molar-refractivity contribution in [2.45, 2.75) is 31.5 Å². The summed E-state index contributed by atoms with van der Waals surface area (Å²) in [6, 6.07) is -1.58. The number of likely N-dealkylation sites (tertiary alicyclic amines) is 1. The van der Waals surface area contributed by atoms with Gasteiger partial charge in [-0.2, -0.15) is 13.2 Å². The average Bonchev–Trinajstić information content (AvgIpc) is 3.09. The molecular weight excluding hydrogens is 375 g/mol. The molecule has 6 N–H and O–H groups in total. The molecule has 11 heteroatoms. The smallest absolute Gasteiger partial charge is 0.405 e. The lowest BCUT2D eigenvalue weighted by molar-refractivity contribution is -0.179. The number of hydrazine groups is 1. The second-order valence-electron chi connectivity index (χ2n) is 6.50. The molecule has 1 atom stereocenters. The topological polar surface area (TPSA) is 112 Å². The Morgan fingerprint density at radius 1 is 1.39 bits per heavy atom. The molecule has 1 unspecified atom stereocenters. The van der Waals surface area contributed by atoms with Crippen LogP contribution >= 0.6 is 0 Å². The van der Waals surface area contributed by atoms with Crippen LogP contribution in [0.3, 0.4) is 0 Å². The monoisotopic (exact) mass is 397 g/mol. The summed E-state index contributed by atoms with van der Waals surface area (Å²) in [7, 11) is 0. The molecule has 0 spiro atoms. The first-order valence-corrected chi connectivity index (χ1v) is 8.83. The highest BCUT2D eigenvalue weighted by atomic mass is 19.4. The Morgan fingerprint density at radius 3 is 2.89 bits per heavy atom. The first-order chi connectivity index (χ1) is 13.3. The molecule has 0 bridgehead atoms. The van der Waals surface area contributed by atoms with Gasteiger partial charge in [-0.1, -0.05) is 0 Å². The summed E-state index contributed by atoms with van der Waals surface area (Å²) in [5.41, 5.74) is 14.1. The maximum absolute atomic E-state index is 13.4. The summed E-state index contributed by atoms with van der Waals surface area (Å²) >= 11 is 0. The fourth-order valence-corrected chi connectivity index (χ4v) is 3.29. The second-order valence-corrected chi connectivity index (χ2v) is 6.50. The zero-order valence-electron chi connectivity index (χ0n) is 15.0. The summed E-state index contributed by atoms with van der Waals surface area (Å²) in [5, 5.41) is 4.00. The third-order valence-electron chi connectivity index (χ3n) is 4.61. The number of fused-ring (bicyclic) bond motifs is 1. The first kappa shape index (κ1) is 19.8. The summed E-state index contributed by atoms with van der Waals surface area (Å²) in [6.07, 6.45) is 4.08. The van der Waals surface area contributed by atoms with Crippen molar-refractivity contribution < 1.29 is 18.0 Å². The molecule has 0 saturated carbocycles. The molecule has 152 valence electrons. The molecule has 1 amide bonds. The van der Waals surface area contributed by atoms with Crippen LogP contribution in [0.1, 0.15) is 19.3 Å². The molecule has 0 aliphatic carbocycles. The highest BCUT2D eigenvalue weighted by Gasteiger charge is 2.45. The quantitative estimate of drug-likeness (QED) is 0.523. The number of rotatable bonds is 3. The number of alkyl halides is 3. The Balaban J connectivity index is 1.86. The van der Waals surface area contributed by atoms with Crippen LogP contribution in [0.4, 0.5) is 13.2 Å². The van der Waals surface area contributed by atoms with E-state index in [0.29, 0.717) is 12.8 Å². The fraction of sp³-hybridized carbons (Fsp3) is 0.412. The van der Waals surface area contributed by atoms with Gasteiger partial charge in [0.15, 0.2) is 5.82 Å². The molecule has 8 nitrogen and oxygen atoms in total. The van der Waals surface area contributed by atoms with Crippen molar-refractivity contribution in [3.63, 3.8) is 0 Å². The van der Waals surface area contributed by atoms with Crippen LogP contribution < -0.4 is 22.2 Å². The Hall–Kier alpha value is -2.95. The van der Waals surface area contributed by atoms with Crippen LogP contribution in [-0.2, 0) is 4.79 Å². The number of nitrogens with two attached hydrogens (primary N) is 2. The van der Waals surface area contributed by atoms with Gasteiger partial charge in [0.25, 0.3) is 5.91 Å². The molecule has 3 aliphatic rings. The summed E-state index contributed by atoms with van der Waals surface area (Å²) in [6.45, 7) is 0.432. The van der Waals surface area contributed by atoms with Gasteiger partial charge in [0, 0.05) is 19.3 Å². The lowest BCUT2D eigenvalue weighted by Gasteiger charge is -2.39. The molecular formula is C17H22F3N7O. The van der Waals surface area contributed by atoms with Crippen LogP contribution in [0.2, 0.25) is 0 Å². The third kappa shape index (κ3) is 4.14. The lowest BCUT2D eigenvalue weighted by Crippen LogP contribution is -2.51. The van der Waals surface area contributed by atoms with Crippen LogP contribution in [0.5, 0.6) is 0 Å². The normalized spacial score (nSPS) is 23.3. The van der Waals surface area contributed by atoms with Crippen molar-refractivity contribution in [2.24, 2.45) is 16.5 Å². The lowest BCUT2D eigenvalue weighted by atomic mass is 10.0. The van der Waals surface area contributed by atoms with Gasteiger partial charge in [0.1, 0.15) is 17.7 Å². The molecule has 28 heavy (non-hydrogen) atoms. The number of carbonyl (C=O) groups excluding carboxylic acids is 1. The van der Waals surface area contributed by atoms with E-state index in [-0.39, 0.29) is 42.6 Å². The van der Waals surface area contributed by atoms with Gasteiger partial charge in [-0.05, 0) is 43.7 Å². The van der Waals surface area contributed by atoms with Crippen LogP contribution in [-0.4, -0.2) is 47.0 Å². The third-order valence-corrected chi connectivity index (χ3v) is 4.61. The van der Waals surface area contributed by atoms with Gasteiger partial charge in [-0.15, -0.1) is 0 Å². The molecule has 0 aromatic carbocycles. The van der Waals surface area contributed by atoms with Crippen molar-refractivity contribution in [3.05, 3.63) is 47.8 Å². The molecule has 0 radical (unpaired) electrons. The predicted octanol–water partition coefficient (Wildman–Crippen LogP) is 0.749. The predicted molar refractivity (Wildman–Crippen MR) is 97.6 cm³/mol. The SMILES string of the molecule is N/C=C\C=C(/N)NC(=O)C1=C2N=C(N3CCCCC3C(F)(F)F)C=CN2NC1. The largest absolute Gasteiger partial charge is 0.408 e. The van der Waals surface area contributed by atoms with Crippen LogP contribution in [0.25, 0.3) is 0 Å². The van der Waals surface area contributed by atoms with E-state index in [1.165, 1.54) is 34.3 Å². The Morgan fingerprint density at radius 2 is 2.18 bits per heavy atom. The number of amides is 1. The fourth-order valence-electron chi connectivity index (χ4n) is 3.29. The van der Waals surface area contributed by atoms with Gasteiger partial charge in [-0.25, -0.2) is 10.4 Å². The number of halogens is 3. The summed E-state index contributed by atoms with van der Waals surface area (Å²) < 4.78 is 40.2. The second kappa shape index (κ2) is 7.97. The molecule has 3 aliphatic heterocycles. The van der Waals surface area contributed by atoms with Crippen LogP contribution in [0, 0.1) is 0 Å². The Bertz CT molecular complexity index is 782. The number of nitrogens with zero attached hydrogens (tertiary/aromatic N) is 3. The van der Waals surface area contributed by atoms with Crippen molar-refractivity contribution in [2.75, 3.05) is 13.1 Å². The number of nitrogens with one attached hydrogen (secondary N) is 2. The van der Waals surface area contributed by atoms with E-state index in [9.17, 15) is 18.0 Å². The van der Waals surface area contributed by atoms with Gasteiger partial charge in [0.2, 0.25) is 0 Å². The molecule has 3 rings (SSSR count). The molecule has 0 aromatic rings.